The van der Waals surface area contributed by atoms with Crippen LogP contribution < -0.4 is 15.0 Å². The number of piperidine rings is 1. The molecule has 1 saturated carbocycles. The van der Waals surface area contributed by atoms with Gasteiger partial charge in [-0.3, -0.25) is 4.98 Å². The van der Waals surface area contributed by atoms with Crippen LogP contribution >= 0.6 is 0 Å². The summed E-state index contributed by atoms with van der Waals surface area (Å²) in [5, 5.41) is 18.3. The van der Waals surface area contributed by atoms with Gasteiger partial charge in [-0.2, -0.15) is 31.3 Å². The summed E-state index contributed by atoms with van der Waals surface area (Å²) in [6, 6.07) is 5.28. The first-order valence-corrected chi connectivity index (χ1v) is 12.1. The van der Waals surface area contributed by atoms with E-state index in [2.05, 4.69) is 20.4 Å². The zero-order valence-electron chi connectivity index (χ0n) is 20.5. The lowest BCUT2D eigenvalue weighted by atomic mass is 9.92. The molecule has 2 aliphatic rings. The van der Waals surface area contributed by atoms with Gasteiger partial charge in [0.05, 0.1) is 5.69 Å². The maximum absolute atomic E-state index is 13.1. The number of nitrogens with zero attached hydrogens (tertiary/aromatic N) is 5. The third-order valence-electron chi connectivity index (χ3n) is 7.00. The molecule has 0 aromatic carbocycles. The number of ether oxygens (including phenoxy) is 1. The lowest BCUT2D eigenvalue weighted by Crippen LogP contribution is -2.48. The first-order chi connectivity index (χ1) is 17.7. The van der Waals surface area contributed by atoms with E-state index in [1.165, 1.54) is 30.5 Å². The standard InChI is InChI=1S/C24H26F6N6O2/c1-22(2,37)18-6-5-16(38-12-23(25,26)27)20-33-21(34-36(18)20)32-19-13-3-4-14(19)11-35(10-13)15-7-8-31-17(9-15)24(28,29)30/h5-9,13-14,19,37H,3-4,10-12H2,1-2H3,(H,32,34). The second-order valence-electron chi connectivity index (χ2n) is 10.3. The van der Waals surface area contributed by atoms with Gasteiger partial charge in [-0.25, -0.2) is 4.52 Å². The van der Waals surface area contributed by atoms with Gasteiger partial charge in [0.1, 0.15) is 11.3 Å². The van der Waals surface area contributed by atoms with Crippen LogP contribution in [0.2, 0.25) is 0 Å². The van der Waals surface area contributed by atoms with Crippen LogP contribution in [-0.2, 0) is 11.8 Å². The van der Waals surface area contributed by atoms with Crippen LogP contribution in [-0.4, -0.2) is 56.6 Å². The van der Waals surface area contributed by atoms with Gasteiger partial charge in [-0.15, -0.1) is 5.10 Å². The molecule has 2 fully saturated rings. The summed E-state index contributed by atoms with van der Waals surface area (Å²) in [7, 11) is 0. The molecule has 8 nitrogen and oxygen atoms in total. The molecule has 206 valence electrons. The zero-order chi connectivity index (χ0) is 27.5. The Balaban J connectivity index is 1.38. The summed E-state index contributed by atoms with van der Waals surface area (Å²) in [6.07, 6.45) is -6.23. The molecule has 38 heavy (non-hydrogen) atoms. The summed E-state index contributed by atoms with van der Waals surface area (Å²) < 4.78 is 84.0. The summed E-state index contributed by atoms with van der Waals surface area (Å²) in [5.74, 6) is 0.194. The van der Waals surface area contributed by atoms with E-state index in [4.69, 9.17) is 4.74 Å². The van der Waals surface area contributed by atoms with Crippen LogP contribution in [0, 0.1) is 11.8 Å². The number of hydrogen-bond donors (Lipinski definition) is 2. The molecule has 3 aromatic heterocycles. The number of halogens is 6. The number of fused-ring (bicyclic) bond motifs is 3. The Morgan fingerprint density at radius 3 is 2.34 bits per heavy atom. The Morgan fingerprint density at radius 1 is 1.05 bits per heavy atom. The van der Waals surface area contributed by atoms with Crippen molar-refractivity contribution in [3.05, 3.63) is 41.9 Å². The number of hydrogen-bond acceptors (Lipinski definition) is 7. The van der Waals surface area contributed by atoms with Crippen molar-refractivity contribution in [3.63, 3.8) is 0 Å². The monoisotopic (exact) mass is 544 g/mol. The second-order valence-corrected chi connectivity index (χ2v) is 10.3. The number of rotatable bonds is 6. The molecular formula is C24H26F6N6O2. The second kappa shape index (κ2) is 9.17. The van der Waals surface area contributed by atoms with Crippen molar-refractivity contribution in [2.24, 2.45) is 11.8 Å². The molecule has 1 saturated heterocycles. The largest absolute Gasteiger partial charge is 0.480 e. The molecule has 3 aromatic rings. The van der Waals surface area contributed by atoms with Crippen molar-refractivity contribution in [3.8, 4) is 5.75 Å². The fraction of sp³-hybridized carbons (Fsp3) is 0.542. The molecule has 2 bridgehead atoms. The van der Waals surface area contributed by atoms with Gasteiger partial charge in [0, 0.05) is 31.0 Å². The van der Waals surface area contributed by atoms with Gasteiger partial charge in [-0.1, -0.05) is 0 Å². The Kier molecular flexibility index (Phi) is 6.35. The highest BCUT2D eigenvalue weighted by Crippen LogP contribution is 2.41. The summed E-state index contributed by atoms with van der Waals surface area (Å²) in [5.41, 5.74) is -1.52. The van der Waals surface area contributed by atoms with Crippen molar-refractivity contribution in [1.29, 1.82) is 0 Å². The number of aliphatic hydroxyl groups is 1. The van der Waals surface area contributed by atoms with E-state index >= 15 is 0 Å². The van der Waals surface area contributed by atoms with Gasteiger partial charge in [-0.05, 0) is 62.8 Å². The van der Waals surface area contributed by atoms with Gasteiger partial charge >= 0.3 is 12.4 Å². The highest BCUT2D eigenvalue weighted by atomic mass is 19.4. The van der Waals surface area contributed by atoms with E-state index in [1.807, 2.05) is 4.90 Å². The predicted molar refractivity (Wildman–Crippen MR) is 125 cm³/mol. The zero-order valence-corrected chi connectivity index (χ0v) is 20.5. The molecule has 14 heteroatoms. The number of alkyl halides is 6. The van der Waals surface area contributed by atoms with Gasteiger partial charge < -0.3 is 20.1 Å². The van der Waals surface area contributed by atoms with Crippen molar-refractivity contribution >= 4 is 17.3 Å². The van der Waals surface area contributed by atoms with Crippen LogP contribution in [0.5, 0.6) is 5.75 Å². The summed E-state index contributed by atoms with van der Waals surface area (Å²) >= 11 is 0. The quantitative estimate of drug-likeness (QED) is 0.438. The van der Waals surface area contributed by atoms with E-state index in [1.54, 1.807) is 6.07 Å². The molecule has 0 radical (unpaired) electrons. The minimum Gasteiger partial charge on any atom is -0.480 e. The molecule has 0 amide bonds. The lowest BCUT2D eigenvalue weighted by Gasteiger charge is -2.39. The average molecular weight is 544 g/mol. The molecular weight excluding hydrogens is 518 g/mol. The maximum Gasteiger partial charge on any atom is 0.433 e. The van der Waals surface area contributed by atoms with Crippen LogP contribution in [0.4, 0.5) is 38.0 Å². The van der Waals surface area contributed by atoms with Crippen LogP contribution in [0.25, 0.3) is 5.65 Å². The molecule has 1 aliphatic carbocycles. The molecule has 0 spiro atoms. The third-order valence-corrected chi connectivity index (χ3v) is 7.00. The van der Waals surface area contributed by atoms with Crippen molar-refractivity contribution in [2.75, 3.05) is 29.9 Å². The number of anilines is 2. The van der Waals surface area contributed by atoms with Crippen molar-refractivity contribution in [2.45, 2.75) is 50.7 Å². The normalized spacial score (nSPS) is 22.2. The Morgan fingerprint density at radius 2 is 1.74 bits per heavy atom. The molecule has 2 N–H and O–H groups in total. The molecule has 5 rings (SSSR count). The van der Waals surface area contributed by atoms with E-state index in [0.717, 1.165) is 25.1 Å². The number of aromatic nitrogens is 4. The number of pyridine rings is 2. The minimum absolute atomic E-state index is 0.0256. The fourth-order valence-corrected chi connectivity index (χ4v) is 5.33. The van der Waals surface area contributed by atoms with Crippen LogP contribution in [0.3, 0.4) is 0 Å². The molecule has 2 unspecified atom stereocenters. The summed E-state index contributed by atoms with van der Waals surface area (Å²) in [6.45, 7) is 2.56. The fourth-order valence-electron chi connectivity index (χ4n) is 5.33. The average Bonchev–Trinajstić information content (AvgIpc) is 3.32. The first kappa shape index (κ1) is 26.3. The smallest absolute Gasteiger partial charge is 0.433 e. The predicted octanol–water partition coefficient (Wildman–Crippen LogP) is 4.64. The Bertz CT molecular complexity index is 1300. The van der Waals surface area contributed by atoms with Crippen molar-refractivity contribution in [1.82, 2.24) is 19.6 Å². The number of nitrogens with one attached hydrogen (secondary N) is 1. The van der Waals surface area contributed by atoms with E-state index in [-0.39, 0.29) is 35.2 Å². The Labute approximate surface area is 213 Å². The van der Waals surface area contributed by atoms with Gasteiger partial charge in [0.25, 0.3) is 0 Å². The van der Waals surface area contributed by atoms with E-state index in [9.17, 15) is 31.4 Å². The van der Waals surface area contributed by atoms with Crippen LogP contribution in [0.15, 0.2) is 30.5 Å². The molecule has 4 heterocycles. The molecule has 1 aliphatic heterocycles. The first-order valence-electron chi connectivity index (χ1n) is 12.1. The third kappa shape index (κ3) is 5.31. The topological polar surface area (TPSA) is 87.8 Å². The van der Waals surface area contributed by atoms with Gasteiger partial charge in [0.15, 0.2) is 18.0 Å². The van der Waals surface area contributed by atoms with Crippen LogP contribution in [0.1, 0.15) is 38.1 Å². The maximum atomic E-state index is 13.1. The van der Waals surface area contributed by atoms with E-state index in [0.29, 0.717) is 24.5 Å². The summed E-state index contributed by atoms with van der Waals surface area (Å²) in [4.78, 5) is 9.74. The minimum atomic E-state index is -4.55. The highest BCUT2D eigenvalue weighted by molar-refractivity contribution is 5.58. The highest BCUT2D eigenvalue weighted by Gasteiger charge is 2.43. The Hall–Kier alpha value is -3.29. The SMILES string of the molecule is CC(C)(O)c1ccc(OCC(F)(F)F)c2nc(NC3C4CCC3CN(c3ccnc(C(F)(F)F)c3)C4)nn12. The van der Waals surface area contributed by atoms with Gasteiger partial charge in [0.2, 0.25) is 5.95 Å². The van der Waals surface area contributed by atoms with E-state index < -0.39 is 30.3 Å². The lowest BCUT2D eigenvalue weighted by molar-refractivity contribution is -0.153. The van der Waals surface area contributed by atoms with Crippen molar-refractivity contribution < 1.29 is 36.2 Å². The molecule has 2 atom stereocenters.